The lowest BCUT2D eigenvalue weighted by Crippen LogP contribution is -2.35. The molecule has 0 radical (unpaired) electrons. The zero-order chi connectivity index (χ0) is 16.4. The van der Waals surface area contributed by atoms with Crippen LogP contribution in [0.2, 0.25) is 0 Å². The lowest BCUT2D eigenvalue weighted by atomic mass is 10.1. The van der Waals surface area contributed by atoms with Crippen molar-refractivity contribution in [2.24, 2.45) is 0 Å². The summed E-state index contributed by atoms with van der Waals surface area (Å²) in [5.41, 5.74) is 1.76. The number of rotatable bonds is 4. The molecule has 1 N–H and O–H groups in total. The highest BCUT2D eigenvalue weighted by molar-refractivity contribution is 7.15. The number of aromatic nitrogens is 3. The summed E-state index contributed by atoms with van der Waals surface area (Å²) < 4.78 is 3.92. The number of carbonyl (C=O) groups excluding carboxylic acids is 2. The standard InChI is InChI=1S/C14H17N5O2S2/c1-3-4-10-12(23-18-17-10)13(21)19-6-5-9-11(7-19)22-14(16-9)15-8(2)20/h3-7H2,1-2H3,(H,15,16,20). The Morgan fingerprint density at radius 3 is 2.96 bits per heavy atom. The number of hydrogen-bond donors (Lipinski definition) is 1. The number of anilines is 1. The summed E-state index contributed by atoms with van der Waals surface area (Å²) in [6.07, 6.45) is 2.40. The Labute approximate surface area is 141 Å². The highest BCUT2D eigenvalue weighted by Gasteiger charge is 2.27. The molecule has 2 aromatic heterocycles. The first kappa shape index (κ1) is 16.0. The van der Waals surface area contributed by atoms with Crippen LogP contribution < -0.4 is 5.32 Å². The van der Waals surface area contributed by atoms with Crippen LogP contribution in [0.5, 0.6) is 0 Å². The van der Waals surface area contributed by atoms with E-state index in [4.69, 9.17) is 0 Å². The van der Waals surface area contributed by atoms with Crippen molar-refractivity contribution < 1.29 is 9.59 Å². The highest BCUT2D eigenvalue weighted by Crippen LogP contribution is 2.29. The van der Waals surface area contributed by atoms with Crippen LogP contribution in [0.1, 0.15) is 46.2 Å². The average Bonchev–Trinajstić information content (AvgIpc) is 3.11. The van der Waals surface area contributed by atoms with E-state index in [2.05, 4.69) is 26.8 Å². The summed E-state index contributed by atoms with van der Waals surface area (Å²) in [6, 6.07) is 0. The minimum atomic E-state index is -0.135. The number of fused-ring (bicyclic) bond motifs is 1. The maximum atomic E-state index is 12.7. The van der Waals surface area contributed by atoms with Gasteiger partial charge < -0.3 is 10.2 Å². The van der Waals surface area contributed by atoms with Gasteiger partial charge in [-0.2, -0.15) is 0 Å². The van der Waals surface area contributed by atoms with Gasteiger partial charge in [-0.3, -0.25) is 9.59 Å². The zero-order valence-corrected chi connectivity index (χ0v) is 14.6. The lowest BCUT2D eigenvalue weighted by Gasteiger charge is -2.25. The van der Waals surface area contributed by atoms with E-state index in [0.29, 0.717) is 29.5 Å². The fourth-order valence-electron chi connectivity index (χ4n) is 2.49. The van der Waals surface area contributed by atoms with Crippen molar-refractivity contribution in [2.45, 2.75) is 39.7 Å². The summed E-state index contributed by atoms with van der Waals surface area (Å²) in [7, 11) is 0. The van der Waals surface area contributed by atoms with Crippen LogP contribution in [0.4, 0.5) is 5.13 Å². The van der Waals surface area contributed by atoms with Crippen LogP contribution in [0.15, 0.2) is 0 Å². The van der Waals surface area contributed by atoms with Crippen LogP contribution >= 0.6 is 22.9 Å². The molecule has 2 aromatic rings. The average molecular weight is 351 g/mol. The highest BCUT2D eigenvalue weighted by atomic mass is 32.1. The lowest BCUT2D eigenvalue weighted by molar-refractivity contribution is -0.114. The van der Waals surface area contributed by atoms with Crippen LogP contribution in [-0.4, -0.2) is 37.8 Å². The molecule has 9 heteroatoms. The van der Waals surface area contributed by atoms with Crippen molar-refractivity contribution in [3.8, 4) is 0 Å². The third kappa shape index (κ3) is 3.40. The second-order valence-electron chi connectivity index (χ2n) is 5.35. The summed E-state index contributed by atoms with van der Waals surface area (Å²) in [4.78, 5) is 31.8. The third-order valence-electron chi connectivity index (χ3n) is 3.54. The SMILES string of the molecule is CCCc1nnsc1C(=O)N1CCc2nc(NC(C)=O)sc2C1. The van der Waals surface area contributed by atoms with Gasteiger partial charge in [-0.25, -0.2) is 4.98 Å². The minimum absolute atomic E-state index is 0.0106. The molecule has 0 aliphatic carbocycles. The van der Waals surface area contributed by atoms with E-state index in [1.165, 1.54) is 18.3 Å². The number of aryl methyl sites for hydroxylation is 1. The van der Waals surface area contributed by atoms with E-state index < -0.39 is 0 Å². The maximum Gasteiger partial charge on any atom is 0.267 e. The quantitative estimate of drug-likeness (QED) is 0.911. The summed E-state index contributed by atoms with van der Waals surface area (Å²) in [5, 5.41) is 7.37. The molecule has 23 heavy (non-hydrogen) atoms. The molecule has 0 aromatic carbocycles. The molecular weight excluding hydrogens is 334 g/mol. The van der Waals surface area contributed by atoms with Crippen molar-refractivity contribution in [3.05, 3.63) is 21.1 Å². The molecule has 7 nitrogen and oxygen atoms in total. The maximum absolute atomic E-state index is 12.7. The van der Waals surface area contributed by atoms with E-state index >= 15 is 0 Å². The first-order valence-electron chi connectivity index (χ1n) is 7.45. The number of nitrogens with zero attached hydrogens (tertiary/aromatic N) is 4. The van der Waals surface area contributed by atoms with Crippen LogP contribution in [-0.2, 0) is 24.2 Å². The van der Waals surface area contributed by atoms with Gasteiger partial charge in [0.05, 0.1) is 17.9 Å². The van der Waals surface area contributed by atoms with Crippen molar-refractivity contribution in [2.75, 3.05) is 11.9 Å². The number of nitrogens with one attached hydrogen (secondary N) is 1. The molecule has 1 aliphatic heterocycles. The Morgan fingerprint density at radius 1 is 1.39 bits per heavy atom. The van der Waals surface area contributed by atoms with Gasteiger partial charge in [-0.1, -0.05) is 29.2 Å². The molecule has 0 bridgehead atoms. The Morgan fingerprint density at radius 2 is 2.22 bits per heavy atom. The third-order valence-corrected chi connectivity index (χ3v) is 5.29. The summed E-state index contributed by atoms with van der Waals surface area (Å²) >= 11 is 2.60. The second kappa shape index (κ2) is 6.71. The Kier molecular flexibility index (Phi) is 4.67. The number of amides is 2. The summed E-state index contributed by atoms with van der Waals surface area (Å²) in [6.45, 7) is 4.66. The predicted octanol–water partition coefficient (Wildman–Crippen LogP) is 2.10. The van der Waals surface area contributed by atoms with Crippen LogP contribution in [0.25, 0.3) is 0 Å². The van der Waals surface area contributed by atoms with Gasteiger partial charge in [0.1, 0.15) is 4.88 Å². The Bertz CT molecular complexity index is 739. The molecule has 3 rings (SSSR count). The van der Waals surface area contributed by atoms with Gasteiger partial charge in [-0.05, 0) is 18.0 Å². The zero-order valence-electron chi connectivity index (χ0n) is 13.0. The van der Waals surface area contributed by atoms with Crippen molar-refractivity contribution in [3.63, 3.8) is 0 Å². The van der Waals surface area contributed by atoms with Gasteiger partial charge in [0.25, 0.3) is 5.91 Å². The second-order valence-corrected chi connectivity index (χ2v) is 7.18. The Hall–Kier alpha value is -1.87. The number of hydrogen-bond acceptors (Lipinski definition) is 7. The molecule has 0 fully saturated rings. The monoisotopic (exact) mass is 351 g/mol. The number of carbonyl (C=O) groups is 2. The van der Waals surface area contributed by atoms with E-state index in [1.807, 2.05) is 4.90 Å². The molecule has 0 unspecified atom stereocenters. The molecule has 0 saturated carbocycles. The van der Waals surface area contributed by atoms with E-state index in [9.17, 15) is 9.59 Å². The van der Waals surface area contributed by atoms with E-state index in [-0.39, 0.29) is 11.8 Å². The first-order chi connectivity index (χ1) is 11.1. The molecule has 3 heterocycles. The van der Waals surface area contributed by atoms with E-state index in [1.54, 1.807) is 0 Å². The fraction of sp³-hybridized carbons (Fsp3) is 0.500. The van der Waals surface area contributed by atoms with Crippen molar-refractivity contribution >= 4 is 39.8 Å². The first-order valence-corrected chi connectivity index (χ1v) is 9.04. The van der Waals surface area contributed by atoms with Gasteiger partial charge in [0, 0.05) is 24.8 Å². The largest absolute Gasteiger partial charge is 0.332 e. The summed E-state index contributed by atoms with van der Waals surface area (Å²) in [5.74, 6) is -0.146. The molecular formula is C14H17N5O2S2. The molecule has 122 valence electrons. The molecule has 1 aliphatic rings. The van der Waals surface area contributed by atoms with Gasteiger partial charge in [0.15, 0.2) is 5.13 Å². The van der Waals surface area contributed by atoms with Crippen LogP contribution in [0, 0.1) is 0 Å². The van der Waals surface area contributed by atoms with Gasteiger partial charge >= 0.3 is 0 Å². The van der Waals surface area contributed by atoms with Gasteiger partial charge in [0.2, 0.25) is 5.91 Å². The van der Waals surface area contributed by atoms with Gasteiger partial charge in [-0.15, -0.1) is 5.10 Å². The van der Waals surface area contributed by atoms with Crippen molar-refractivity contribution in [1.29, 1.82) is 0 Å². The normalized spacial score (nSPS) is 13.7. The molecule has 0 atom stereocenters. The fourth-order valence-corrected chi connectivity index (χ4v) is 4.23. The minimum Gasteiger partial charge on any atom is -0.332 e. The predicted molar refractivity (Wildman–Crippen MR) is 88.8 cm³/mol. The van der Waals surface area contributed by atoms with E-state index in [0.717, 1.165) is 40.6 Å². The molecule has 2 amide bonds. The topological polar surface area (TPSA) is 88.1 Å². The molecule has 0 saturated heterocycles. The van der Waals surface area contributed by atoms with Crippen LogP contribution in [0.3, 0.4) is 0 Å². The van der Waals surface area contributed by atoms with Crippen molar-refractivity contribution in [1.82, 2.24) is 19.5 Å². The smallest absolute Gasteiger partial charge is 0.267 e. The molecule has 0 spiro atoms. The Balaban J connectivity index is 1.76. The number of thiazole rings is 1.